The molecule has 0 unspecified atom stereocenters. The van der Waals surface area contributed by atoms with Gasteiger partial charge in [-0.3, -0.25) is 0 Å². The molecule has 0 spiro atoms. The van der Waals surface area contributed by atoms with E-state index in [0.717, 1.165) is 38.0 Å². The van der Waals surface area contributed by atoms with Crippen LogP contribution in [0, 0.1) is 11.7 Å². The van der Waals surface area contributed by atoms with Crippen molar-refractivity contribution in [3.05, 3.63) is 53.8 Å². The Morgan fingerprint density at radius 1 is 0.778 bits per heavy atom. The fraction of sp³-hybridized carbons (Fsp3) is 0.625. The molecule has 1 heterocycles. The predicted octanol–water partition coefficient (Wildman–Crippen LogP) is 9.12. The summed E-state index contributed by atoms with van der Waals surface area (Å²) >= 11 is 0. The van der Waals surface area contributed by atoms with E-state index >= 15 is 0 Å². The molecule has 1 aliphatic heterocycles. The van der Waals surface area contributed by atoms with E-state index in [-0.39, 0.29) is 12.1 Å². The van der Waals surface area contributed by atoms with Crippen molar-refractivity contribution in [2.24, 2.45) is 5.92 Å². The minimum absolute atomic E-state index is 0.113. The largest absolute Gasteiger partial charge is 0.493 e. The molecule has 0 atom stereocenters. The Balaban J connectivity index is 1.37. The van der Waals surface area contributed by atoms with Gasteiger partial charge in [-0.1, -0.05) is 95.9 Å². The van der Waals surface area contributed by atoms with Crippen LogP contribution in [-0.2, 0) is 15.9 Å². The fourth-order valence-electron chi connectivity index (χ4n) is 4.80. The molecule has 4 heteroatoms. The summed E-state index contributed by atoms with van der Waals surface area (Å²) in [5.41, 5.74) is 2.71. The Morgan fingerprint density at radius 2 is 1.44 bits per heavy atom. The molecule has 0 bridgehead atoms. The molecule has 1 fully saturated rings. The highest BCUT2D eigenvalue weighted by molar-refractivity contribution is 5.65. The molecule has 0 N–H and O–H groups in total. The van der Waals surface area contributed by atoms with Crippen molar-refractivity contribution in [3.63, 3.8) is 0 Å². The molecule has 1 saturated heterocycles. The van der Waals surface area contributed by atoms with Gasteiger partial charge in [0, 0.05) is 24.0 Å². The Morgan fingerprint density at radius 3 is 2.11 bits per heavy atom. The first-order valence-electron chi connectivity index (χ1n) is 14.4. The average molecular weight is 499 g/mol. The van der Waals surface area contributed by atoms with Gasteiger partial charge in [0.2, 0.25) is 0 Å². The van der Waals surface area contributed by atoms with Gasteiger partial charge in [-0.05, 0) is 42.5 Å². The van der Waals surface area contributed by atoms with Gasteiger partial charge in [0.25, 0.3) is 0 Å². The molecule has 0 radical (unpaired) electrons. The molecule has 3 nitrogen and oxygen atoms in total. The van der Waals surface area contributed by atoms with Crippen LogP contribution in [0.2, 0.25) is 0 Å². The standard InChI is InChI=1S/C32H47FO3/c1-3-5-7-9-11-13-27-24-35-32(36-25-27)21-16-26-14-17-28(18-15-26)30-20-19-29(23-31(30)33)34-22-12-10-8-6-4-2/h14-15,17-20,23,27,32H,3-13,16,21-22,24-25H2,1-2H3. The van der Waals surface area contributed by atoms with E-state index in [1.807, 2.05) is 24.3 Å². The van der Waals surface area contributed by atoms with Gasteiger partial charge in [0.1, 0.15) is 11.6 Å². The summed E-state index contributed by atoms with van der Waals surface area (Å²) in [6.45, 7) is 6.74. The van der Waals surface area contributed by atoms with E-state index in [2.05, 4.69) is 26.0 Å². The Hall–Kier alpha value is -1.91. The van der Waals surface area contributed by atoms with Gasteiger partial charge in [0.15, 0.2) is 6.29 Å². The summed E-state index contributed by atoms with van der Waals surface area (Å²) in [5.74, 6) is 0.907. The Kier molecular flexibility index (Phi) is 13.3. The lowest BCUT2D eigenvalue weighted by Gasteiger charge is -2.29. The van der Waals surface area contributed by atoms with Crippen molar-refractivity contribution in [3.8, 4) is 16.9 Å². The molecule has 0 aliphatic carbocycles. The molecular formula is C32H47FO3. The monoisotopic (exact) mass is 498 g/mol. The second kappa shape index (κ2) is 16.8. The zero-order chi connectivity index (χ0) is 25.4. The van der Waals surface area contributed by atoms with Crippen LogP contribution in [0.4, 0.5) is 4.39 Å². The molecule has 1 aliphatic rings. The third-order valence-corrected chi connectivity index (χ3v) is 7.14. The van der Waals surface area contributed by atoms with E-state index in [9.17, 15) is 4.39 Å². The normalized spacial score (nSPS) is 17.9. The van der Waals surface area contributed by atoms with Crippen molar-refractivity contribution in [1.29, 1.82) is 0 Å². The van der Waals surface area contributed by atoms with E-state index in [0.29, 0.717) is 23.8 Å². The third kappa shape index (κ3) is 10.2. The van der Waals surface area contributed by atoms with E-state index in [4.69, 9.17) is 14.2 Å². The van der Waals surface area contributed by atoms with E-state index < -0.39 is 0 Å². The number of unbranched alkanes of at least 4 members (excludes halogenated alkanes) is 8. The molecule has 0 amide bonds. The van der Waals surface area contributed by atoms with Crippen LogP contribution in [0.25, 0.3) is 11.1 Å². The molecule has 0 saturated carbocycles. The van der Waals surface area contributed by atoms with Gasteiger partial charge in [-0.25, -0.2) is 4.39 Å². The summed E-state index contributed by atoms with van der Waals surface area (Å²) in [4.78, 5) is 0. The Labute approximate surface area is 218 Å². The predicted molar refractivity (Wildman–Crippen MR) is 147 cm³/mol. The number of hydrogen-bond acceptors (Lipinski definition) is 3. The van der Waals surface area contributed by atoms with Gasteiger partial charge in [0.05, 0.1) is 19.8 Å². The number of halogens is 1. The van der Waals surface area contributed by atoms with Crippen LogP contribution >= 0.6 is 0 Å². The second-order valence-electron chi connectivity index (χ2n) is 10.3. The fourth-order valence-corrected chi connectivity index (χ4v) is 4.80. The zero-order valence-corrected chi connectivity index (χ0v) is 22.6. The maximum Gasteiger partial charge on any atom is 0.157 e. The number of ether oxygens (including phenoxy) is 3. The average Bonchev–Trinajstić information content (AvgIpc) is 2.90. The first-order chi connectivity index (χ1) is 17.7. The minimum atomic E-state index is -0.241. The number of benzene rings is 2. The quantitative estimate of drug-likeness (QED) is 0.204. The summed E-state index contributed by atoms with van der Waals surface area (Å²) < 4.78 is 32.5. The highest BCUT2D eigenvalue weighted by atomic mass is 19.1. The van der Waals surface area contributed by atoms with Crippen LogP contribution in [0.15, 0.2) is 42.5 Å². The zero-order valence-electron chi connectivity index (χ0n) is 22.6. The lowest BCUT2D eigenvalue weighted by molar-refractivity contribution is -0.203. The van der Waals surface area contributed by atoms with Gasteiger partial charge >= 0.3 is 0 Å². The maximum atomic E-state index is 14.8. The second-order valence-corrected chi connectivity index (χ2v) is 10.3. The van der Waals surface area contributed by atoms with Gasteiger partial charge in [-0.2, -0.15) is 0 Å². The highest BCUT2D eigenvalue weighted by Crippen LogP contribution is 2.27. The molecule has 3 rings (SSSR count). The van der Waals surface area contributed by atoms with Crippen LogP contribution in [0.3, 0.4) is 0 Å². The summed E-state index contributed by atoms with van der Waals surface area (Å²) in [5, 5.41) is 0. The molecule has 0 aromatic heterocycles. The van der Waals surface area contributed by atoms with Crippen LogP contribution in [0.5, 0.6) is 5.75 Å². The smallest absolute Gasteiger partial charge is 0.157 e. The van der Waals surface area contributed by atoms with Crippen LogP contribution < -0.4 is 4.74 Å². The minimum Gasteiger partial charge on any atom is -0.493 e. The lowest BCUT2D eigenvalue weighted by atomic mass is 10.0. The first-order valence-corrected chi connectivity index (χ1v) is 14.4. The van der Waals surface area contributed by atoms with Crippen molar-refractivity contribution in [2.75, 3.05) is 19.8 Å². The van der Waals surface area contributed by atoms with Crippen LogP contribution in [-0.4, -0.2) is 26.1 Å². The lowest BCUT2D eigenvalue weighted by Crippen LogP contribution is -2.32. The van der Waals surface area contributed by atoms with Crippen LogP contribution in [0.1, 0.15) is 96.5 Å². The third-order valence-electron chi connectivity index (χ3n) is 7.14. The number of hydrogen-bond donors (Lipinski definition) is 0. The Bertz CT molecular complexity index is 843. The first kappa shape index (κ1) is 28.7. The van der Waals surface area contributed by atoms with E-state index in [1.165, 1.54) is 75.8 Å². The van der Waals surface area contributed by atoms with Gasteiger partial charge < -0.3 is 14.2 Å². The number of rotatable bonds is 17. The molecular weight excluding hydrogens is 451 g/mol. The van der Waals surface area contributed by atoms with Crippen molar-refractivity contribution in [1.82, 2.24) is 0 Å². The molecule has 2 aromatic rings. The highest BCUT2D eigenvalue weighted by Gasteiger charge is 2.21. The maximum absolute atomic E-state index is 14.8. The SMILES string of the molecule is CCCCCCCOc1ccc(-c2ccc(CCC3OCC(CCCCCCC)CO3)cc2)c(F)c1. The summed E-state index contributed by atoms with van der Waals surface area (Å²) in [7, 11) is 0. The van der Waals surface area contributed by atoms with Crippen molar-refractivity contribution in [2.45, 2.75) is 104 Å². The molecule has 36 heavy (non-hydrogen) atoms. The topological polar surface area (TPSA) is 27.7 Å². The number of aryl methyl sites for hydroxylation is 1. The van der Waals surface area contributed by atoms with Gasteiger partial charge in [-0.15, -0.1) is 0 Å². The summed E-state index contributed by atoms with van der Waals surface area (Å²) in [6, 6.07) is 13.4. The summed E-state index contributed by atoms with van der Waals surface area (Å²) in [6.07, 6.45) is 15.3. The van der Waals surface area contributed by atoms with Crippen molar-refractivity contribution >= 4 is 0 Å². The van der Waals surface area contributed by atoms with E-state index in [1.54, 1.807) is 0 Å². The molecule has 2 aromatic carbocycles. The molecule has 200 valence electrons. The van der Waals surface area contributed by atoms with Crippen molar-refractivity contribution < 1.29 is 18.6 Å².